The highest BCUT2D eigenvalue weighted by molar-refractivity contribution is 9.10. The quantitative estimate of drug-likeness (QED) is 0.815. The van der Waals surface area contributed by atoms with Crippen LogP contribution in [0, 0.1) is 5.92 Å². The highest BCUT2D eigenvalue weighted by Gasteiger charge is 2.42. The number of halogens is 2. The van der Waals surface area contributed by atoms with Crippen molar-refractivity contribution in [2.24, 2.45) is 5.92 Å². The minimum atomic E-state index is -0.417. The van der Waals surface area contributed by atoms with Gasteiger partial charge in [-0.3, -0.25) is 0 Å². The summed E-state index contributed by atoms with van der Waals surface area (Å²) < 4.78 is 7.60. The van der Waals surface area contributed by atoms with Crippen molar-refractivity contribution in [3.05, 3.63) is 19.8 Å². The lowest BCUT2D eigenvalue weighted by molar-refractivity contribution is -0.101. The van der Waals surface area contributed by atoms with Crippen molar-refractivity contribution in [1.29, 1.82) is 0 Å². The van der Waals surface area contributed by atoms with E-state index in [4.69, 9.17) is 16.3 Å². The van der Waals surface area contributed by atoms with Gasteiger partial charge in [0.05, 0.1) is 11.7 Å². The molecule has 2 aliphatic rings. The monoisotopic (exact) mass is 382 g/mol. The van der Waals surface area contributed by atoms with Gasteiger partial charge in [-0.15, -0.1) is 11.3 Å². The van der Waals surface area contributed by atoms with Crippen LogP contribution in [0.1, 0.15) is 30.2 Å². The maximum absolute atomic E-state index is 10.6. The van der Waals surface area contributed by atoms with Crippen molar-refractivity contribution in [3.8, 4) is 0 Å². The highest BCUT2D eigenvalue weighted by atomic mass is 79.9. The third-order valence-electron chi connectivity index (χ3n) is 4.00. The standard InChI is InChI=1S/C13H16BrClO2S2/c14-9-5-10(19-12(9)15)11(16)8-1-3-17-13(6-8)2-4-18-7-13/h5,8,11,16H,1-4,6-7H2. The molecule has 2 fully saturated rings. The molecule has 19 heavy (non-hydrogen) atoms. The van der Waals surface area contributed by atoms with E-state index in [1.165, 1.54) is 17.1 Å². The Morgan fingerprint density at radius 2 is 2.42 bits per heavy atom. The van der Waals surface area contributed by atoms with Crippen LogP contribution < -0.4 is 0 Å². The van der Waals surface area contributed by atoms with Crippen LogP contribution in [0.15, 0.2) is 10.5 Å². The van der Waals surface area contributed by atoms with Crippen molar-refractivity contribution in [3.63, 3.8) is 0 Å². The van der Waals surface area contributed by atoms with Crippen LogP contribution in [0.2, 0.25) is 4.34 Å². The minimum absolute atomic E-state index is 0.0207. The number of aliphatic hydroxyl groups excluding tert-OH is 1. The molecule has 106 valence electrons. The van der Waals surface area contributed by atoms with Gasteiger partial charge < -0.3 is 9.84 Å². The van der Waals surface area contributed by atoms with E-state index in [-0.39, 0.29) is 11.5 Å². The lowest BCUT2D eigenvalue weighted by Crippen LogP contribution is -2.41. The van der Waals surface area contributed by atoms with Gasteiger partial charge in [0.25, 0.3) is 0 Å². The Balaban J connectivity index is 1.74. The molecule has 1 spiro atoms. The first-order chi connectivity index (χ1) is 9.10. The van der Waals surface area contributed by atoms with Gasteiger partial charge in [-0.25, -0.2) is 0 Å². The molecule has 0 aromatic carbocycles. The SMILES string of the molecule is OC(c1cc(Br)c(Cl)s1)C1CCOC2(CCSC2)C1. The van der Waals surface area contributed by atoms with Crippen LogP contribution in [0.3, 0.4) is 0 Å². The minimum Gasteiger partial charge on any atom is -0.387 e. The number of ether oxygens (including phenoxy) is 1. The molecule has 2 saturated heterocycles. The molecule has 1 aromatic rings. The molecular weight excluding hydrogens is 368 g/mol. The summed E-state index contributed by atoms with van der Waals surface area (Å²) in [6.45, 7) is 0.766. The third kappa shape index (κ3) is 3.01. The molecule has 1 aromatic heterocycles. The van der Waals surface area contributed by atoms with Crippen LogP contribution in [0.4, 0.5) is 0 Å². The van der Waals surface area contributed by atoms with E-state index >= 15 is 0 Å². The summed E-state index contributed by atoms with van der Waals surface area (Å²) in [4.78, 5) is 0.963. The summed E-state index contributed by atoms with van der Waals surface area (Å²) in [6, 6.07) is 1.95. The molecular formula is C13H16BrClO2S2. The normalized spacial score (nSPS) is 32.9. The first kappa shape index (κ1) is 14.7. The zero-order chi connectivity index (χ0) is 13.5. The van der Waals surface area contributed by atoms with Crippen molar-refractivity contribution in [1.82, 2.24) is 0 Å². The lowest BCUT2D eigenvalue weighted by atomic mass is 9.82. The van der Waals surface area contributed by atoms with E-state index in [0.29, 0.717) is 4.34 Å². The average Bonchev–Trinajstić information content (AvgIpc) is 2.97. The number of rotatable bonds is 2. The van der Waals surface area contributed by atoms with Gasteiger partial charge in [-0.2, -0.15) is 11.8 Å². The van der Waals surface area contributed by atoms with Crippen LogP contribution in [-0.4, -0.2) is 28.8 Å². The van der Waals surface area contributed by atoms with Gasteiger partial charge in [0, 0.05) is 21.7 Å². The molecule has 3 heterocycles. The molecule has 1 N–H and O–H groups in total. The first-order valence-corrected chi connectivity index (χ1v) is 9.58. The average molecular weight is 384 g/mol. The second-order valence-electron chi connectivity index (χ2n) is 5.30. The number of aliphatic hydroxyl groups is 1. The number of hydrogen-bond acceptors (Lipinski definition) is 4. The molecule has 0 aliphatic carbocycles. The van der Waals surface area contributed by atoms with Crippen LogP contribution in [-0.2, 0) is 4.74 Å². The smallest absolute Gasteiger partial charge is 0.107 e. The summed E-state index contributed by atoms with van der Waals surface area (Å²) >= 11 is 12.9. The number of hydrogen-bond donors (Lipinski definition) is 1. The summed E-state index contributed by atoms with van der Waals surface area (Å²) in [5.41, 5.74) is 0.0207. The third-order valence-corrected chi connectivity index (χ3v) is 7.77. The van der Waals surface area contributed by atoms with E-state index < -0.39 is 6.10 Å². The Kier molecular flexibility index (Phi) is 4.52. The zero-order valence-electron chi connectivity index (χ0n) is 10.4. The number of thioether (sulfide) groups is 1. The first-order valence-electron chi connectivity index (χ1n) is 6.44. The summed E-state index contributed by atoms with van der Waals surface area (Å²) in [5, 5.41) is 10.6. The Hall–Kier alpha value is 0.740. The molecule has 2 aliphatic heterocycles. The second-order valence-corrected chi connectivity index (χ2v) is 8.95. The van der Waals surface area contributed by atoms with E-state index in [2.05, 4.69) is 15.9 Å². The summed E-state index contributed by atoms with van der Waals surface area (Å²) in [6.07, 6.45) is 2.60. The van der Waals surface area contributed by atoms with Gasteiger partial charge in [0.2, 0.25) is 0 Å². The molecule has 0 amide bonds. The predicted molar refractivity (Wildman–Crippen MR) is 85.3 cm³/mol. The van der Waals surface area contributed by atoms with Crippen molar-refractivity contribution in [2.45, 2.75) is 31.0 Å². The molecule has 2 nitrogen and oxygen atoms in total. The van der Waals surface area contributed by atoms with Crippen LogP contribution >= 0.6 is 50.6 Å². The Labute approximate surface area is 135 Å². The van der Waals surface area contributed by atoms with Gasteiger partial charge in [-0.05, 0) is 52.9 Å². The van der Waals surface area contributed by atoms with Crippen molar-refractivity contribution in [2.75, 3.05) is 18.1 Å². The van der Waals surface area contributed by atoms with E-state index in [1.807, 2.05) is 17.8 Å². The number of thiophene rings is 1. The maximum Gasteiger partial charge on any atom is 0.107 e. The van der Waals surface area contributed by atoms with Gasteiger partial charge in [-0.1, -0.05) is 11.6 Å². The lowest BCUT2D eigenvalue weighted by Gasteiger charge is -2.39. The predicted octanol–water partition coefficient (Wildman–Crippen LogP) is 4.50. The van der Waals surface area contributed by atoms with E-state index in [0.717, 1.165) is 41.0 Å². The van der Waals surface area contributed by atoms with Crippen molar-refractivity contribution >= 4 is 50.6 Å². The second kappa shape index (κ2) is 5.85. The Morgan fingerprint density at radius 3 is 3.05 bits per heavy atom. The van der Waals surface area contributed by atoms with E-state index in [9.17, 15) is 5.11 Å². The molecule has 0 saturated carbocycles. The molecule has 3 rings (SSSR count). The molecule has 0 bridgehead atoms. The summed E-state index contributed by atoms with van der Waals surface area (Å²) in [7, 11) is 0. The maximum atomic E-state index is 10.6. The van der Waals surface area contributed by atoms with E-state index in [1.54, 1.807) is 0 Å². The largest absolute Gasteiger partial charge is 0.387 e. The molecule has 0 radical (unpaired) electrons. The Bertz CT molecular complexity index is 440. The fourth-order valence-electron chi connectivity index (χ4n) is 2.94. The fraction of sp³-hybridized carbons (Fsp3) is 0.692. The topological polar surface area (TPSA) is 29.5 Å². The zero-order valence-corrected chi connectivity index (χ0v) is 14.4. The fourth-order valence-corrected chi connectivity index (χ4v) is 6.13. The molecule has 3 atom stereocenters. The molecule has 3 unspecified atom stereocenters. The van der Waals surface area contributed by atoms with Gasteiger partial charge in [0.1, 0.15) is 4.34 Å². The van der Waals surface area contributed by atoms with Gasteiger partial charge in [0.15, 0.2) is 0 Å². The molecule has 6 heteroatoms. The highest BCUT2D eigenvalue weighted by Crippen LogP contribution is 2.46. The van der Waals surface area contributed by atoms with Gasteiger partial charge >= 0.3 is 0 Å². The summed E-state index contributed by atoms with van der Waals surface area (Å²) in [5.74, 6) is 2.54. The van der Waals surface area contributed by atoms with Crippen LogP contribution in [0.25, 0.3) is 0 Å². The Morgan fingerprint density at radius 1 is 1.58 bits per heavy atom. The van der Waals surface area contributed by atoms with Crippen molar-refractivity contribution < 1.29 is 9.84 Å². The van der Waals surface area contributed by atoms with Crippen LogP contribution in [0.5, 0.6) is 0 Å².